The van der Waals surface area contributed by atoms with Crippen LogP contribution in [0.15, 0.2) is 13.9 Å². The molecule has 0 spiro atoms. The van der Waals surface area contributed by atoms with E-state index in [0.29, 0.717) is 23.6 Å². The van der Waals surface area contributed by atoms with E-state index in [4.69, 9.17) is 4.98 Å². The van der Waals surface area contributed by atoms with Crippen molar-refractivity contribution in [2.24, 2.45) is 13.0 Å². The molecule has 4 rings (SSSR count). The van der Waals surface area contributed by atoms with E-state index in [9.17, 15) is 9.59 Å². The molecule has 0 aromatic carbocycles. The van der Waals surface area contributed by atoms with Crippen molar-refractivity contribution in [1.29, 1.82) is 0 Å². The molecule has 0 bridgehead atoms. The minimum absolute atomic E-state index is 0.390. The van der Waals surface area contributed by atoms with Gasteiger partial charge in [-0.15, -0.1) is 10.2 Å². The molecule has 4 heterocycles. The van der Waals surface area contributed by atoms with Crippen molar-refractivity contribution in [1.82, 2.24) is 29.3 Å². The summed E-state index contributed by atoms with van der Waals surface area (Å²) in [7, 11) is 1.64. The van der Waals surface area contributed by atoms with Crippen molar-refractivity contribution in [3.8, 4) is 0 Å². The number of nitrogens with one attached hydrogen (secondary N) is 1. The highest BCUT2D eigenvalue weighted by molar-refractivity contribution is 8.01. The van der Waals surface area contributed by atoms with Gasteiger partial charge in [0, 0.05) is 32.4 Å². The lowest BCUT2D eigenvalue weighted by atomic mass is 10.0. The second kappa shape index (κ2) is 7.70. The molecular weight excluding hydrogens is 398 g/mol. The van der Waals surface area contributed by atoms with Crippen molar-refractivity contribution in [2.45, 2.75) is 37.6 Å². The Hall–Kier alpha value is -2.14. The Morgan fingerprint density at radius 3 is 2.86 bits per heavy atom. The van der Waals surface area contributed by atoms with Crippen LogP contribution in [0, 0.1) is 12.8 Å². The lowest BCUT2D eigenvalue weighted by Crippen LogP contribution is -2.36. The number of imidazole rings is 1. The Morgan fingerprint density at radius 2 is 2.14 bits per heavy atom. The van der Waals surface area contributed by atoms with E-state index in [1.54, 1.807) is 30.1 Å². The average Bonchev–Trinajstić information content (AvgIpc) is 3.24. The standard InChI is InChI=1S/C17H23N7O2S2/c1-10-5-4-6-23(9-10)15-18-13-12(14(25)19-16(26)22(13)3)24(15)7-8-27-17-21-20-11(2)28-17/h10H,4-9H2,1-3H3,(H,19,25,26)/t10-/m0/s1. The zero-order valence-corrected chi connectivity index (χ0v) is 17.8. The smallest absolute Gasteiger partial charge is 0.329 e. The van der Waals surface area contributed by atoms with Crippen molar-refractivity contribution in [3.63, 3.8) is 0 Å². The third kappa shape index (κ3) is 3.60. The van der Waals surface area contributed by atoms with Gasteiger partial charge in [0.15, 0.2) is 15.5 Å². The minimum Gasteiger partial charge on any atom is -0.342 e. The number of nitrogens with zero attached hydrogens (tertiary/aromatic N) is 6. The molecular formula is C17H23N7O2S2. The molecule has 28 heavy (non-hydrogen) atoms. The van der Waals surface area contributed by atoms with Crippen LogP contribution in [0.1, 0.15) is 24.8 Å². The quantitative estimate of drug-likeness (QED) is 0.625. The predicted molar refractivity (Wildman–Crippen MR) is 112 cm³/mol. The fourth-order valence-electron chi connectivity index (χ4n) is 3.61. The first kappa shape index (κ1) is 19.2. The van der Waals surface area contributed by atoms with E-state index >= 15 is 0 Å². The van der Waals surface area contributed by atoms with Gasteiger partial charge in [-0.2, -0.15) is 4.98 Å². The summed E-state index contributed by atoms with van der Waals surface area (Å²) in [6, 6.07) is 0. The summed E-state index contributed by atoms with van der Waals surface area (Å²) in [6.45, 7) is 6.57. The molecule has 1 aliphatic rings. The number of aromatic nitrogens is 6. The van der Waals surface area contributed by atoms with Crippen LogP contribution in [0.4, 0.5) is 5.95 Å². The molecule has 11 heteroatoms. The lowest BCUT2D eigenvalue weighted by molar-refractivity contribution is 0.438. The summed E-state index contributed by atoms with van der Waals surface area (Å²) in [5, 5.41) is 9.12. The number of hydrogen-bond acceptors (Lipinski definition) is 8. The highest BCUT2D eigenvalue weighted by atomic mass is 32.2. The second-order valence-corrected chi connectivity index (χ2v) is 9.71. The molecule has 150 valence electrons. The normalized spacial score (nSPS) is 17.5. The largest absolute Gasteiger partial charge is 0.342 e. The van der Waals surface area contributed by atoms with E-state index in [2.05, 4.69) is 27.0 Å². The first-order valence-corrected chi connectivity index (χ1v) is 11.1. The van der Waals surface area contributed by atoms with Gasteiger partial charge in [-0.3, -0.25) is 14.3 Å². The highest BCUT2D eigenvalue weighted by Crippen LogP contribution is 2.27. The van der Waals surface area contributed by atoms with E-state index < -0.39 is 11.2 Å². The molecule has 1 fully saturated rings. The van der Waals surface area contributed by atoms with Crippen LogP contribution in [0.25, 0.3) is 11.2 Å². The molecule has 3 aromatic heterocycles. The number of fused-ring (bicyclic) bond motifs is 1. The van der Waals surface area contributed by atoms with Crippen molar-refractivity contribution in [3.05, 3.63) is 25.8 Å². The van der Waals surface area contributed by atoms with E-state index in [1.165, 1.54) is 11.0 Å². The average molecular weight is 422 g/mol. The molecule has 9 nitrogen and oxygen atoms in total. The third-order valence-corrected chi connectivity index (χ3v) is 6.93. The molecule has 0 amide bonds. The number of hydrogen-bond donors (Lipinski definition) is 1. The number of thioether (sulfide) groups is 1. The fourth-order valence-corrected chi connectivity index (χ4v) is 5.42. The van der Waals surface area contributed by atoms with Crippen LogP contribution in [0.5, 0.6) is 0 Å². The first-order valence-electron chi connectivity index (χ1n) is 9.31. The molecule has 0 radical (unpaired) electrons. The fraction of sp³-hybridized carbons (Fsp3) is 0.588. The summed E-state index contributed by atoms with van der Waals surface area (Å²) in [5.74, 6) is 2.07. The second-order valence-electron chi connectivity index (χ2n) is 7.18. The van der Waals surface area contributed by atoms with Crippen molar-refractivity contribution < 1.29 is 0 Å². The van der Waals surface area contributed by atoms with E-state index in [0.717, 1.165) is 40.6 Å². The molecule has 1 atom stereocenters. The first-order chi connectivity index (χ1) is 13.4. The summed E-state index contributed by atoms with van der Waals surface area (Å²) in [5.41, 5.74) is 0.0428. The Labute approximate surface area is 169 Å². The van der Waals surface area contributed by atoms with Crippen LogP contribution >= 0.6 is 23.1 Å². The van der Waals surface area contributed by atoms with Gasteiger partial charge in [-0.1, -0.05) is 30.0 Å². The van der Waals surface area contributed by atoms with Gasteiger partial charge in [0.1, 0.15) is 5.01 Å². The van der Waals surface area contributed by atoms with Gasteiger partial charge in [-0.05, 0) is 25.7 Å². The van der Waals surface area contributed by atoms with Crippen molar-refractivity contribution in [2.75, 3.05) is 23.7 Å². The number of piperidine rings is 1. The predicted octanol–water partition coefficient (Wildman–Crippen LogP) is 1.61. The number of aryl methyl sites for hydroxylation is 3. The Bertz CT molecular complexity index is 1110. The molecule has 3 aromatic rings. The summed E-state index contributed by atoms with van der Waals surface area (Å²) < 4.78 is 4.27. The zero-order valence-electron chi connectivity index (χ0n) is 16.1. The zero-order chi connectivity index (χ0) is 19.8. The Morgan fingerprint density at radius 1 is 1.32 bits per heavy atom. The maximum atomic E-state index is 12.6. The summed E-state index contributed by atoms with van der Waals surface area (Å²) in [6.07, 6.45) is 2.29. The van der Waals surface area contributed by atoms with Crippen LogP contribution in [0.2, 0.25) is 0 Å². The maximum Gasteiger partial charge on any atom is 0.329 e. The molecule has 0 unspecified atom stereocenters. The van der Waals surface area contributed by atoms with Crippen LogP contribution in [-0.4, -0.2) is 48.1 Å². The van der Waals surface area contributed by atoms with Crippen LogP contribution < -0.4 is 16.1 Å². The van der Waals surface area contributed by atoms with Gasteiger partial charge in [0.25, 0.3) is 5.56 Å². The lowest BCUT2D eigenvalue weighted by Gasteiger charge is -2.32. The Kier molecular flexibility index (Phi) is 5.28. The van der Waals surface area contributed by atoms with E-state index in [1.807, 2.05) is 11.5 Å². The molecule has 0 saturated carbocycles. The number of aromatic amines is 1. The molecule has 1 saturated heterocycles. The number of rotatable bonds is 5. The summed E-state index contributed by atoms with van der Waals surface area (Å²) >= 11 is 3.17. The molecule has 0 aliphatic carbocycles. The maximum absolute atomic E-state index is 12.6. The topological polar surface area (TPSA) is 102 Å². The van der Waals surface area contributed by atoms with Gasteiger partial charge in [0.2, 0.25) is 5.95 Å². The monoisotopic (exact) mass is 421 g/mol. The van der Waals surface area contributed by atoms with Gasteiger partial charge >= 0.3 is 5.69 Å². The van der Waals surface area contributed by atoms with Crippen LogP contribution in [-0.2, 0) is 13.6 Å². The molecule has 1 N–H and O–H groups in total. The number of H-pyrrole nitrogens is 1. The van der Waals surface area contributed by atoms with E-state index in [-0.39, 0.29) is 0 Å². The Balaban J connectivity index is 1.72. The van der Waals surface area contributed by atoms with Gasteiger partial charge < -0.3 is 9.47 Å². The minimum atomic E-state index is -0.445. The summed E-state index contributed by atoms with van der Waals surface area (Å²) in [4.78, 5) is 34.0. The highest BCUT2D eigenvalue weighted by Gasteiger charge is 2.24. The van der Waals surface area contributed by atoms with Gasteiger partial charge in [0.05, 0.1) is 0 Å². The molecule has 1 aliphatic heterocycles. The number of anilines is 1. The van der Waals surface area contributed by atoms with Crippen LogP contribution in [0.3, 0.4) is 0 Å². The van der Waals surface area contributed by atoms with Gasteiger partial charge in [-0.25, -0.2) is 4.79 Å². The van der Waals surface area contributed by atoms with Crippen molar-refractivity contribution >= 4 is 40.2 Å². The SMILES string of the molecule is Cc1nnc(SCCn2c(N3CCC[C@H](C)C3)nc3c2c(=O)[nH]c(=O)n3C)s1. The third-order valence-electron chi connectivity index (χ3n) is 4.97.